The van der Waals surface area contributed by atoms with E-state index in [0.717, 1.165) is 33.9 Å². The van der Waals surface area contributed by atoms with E-state index in [9.17, 15) is 4.79 Å². The van der Waals surface area contributed by atoms with Crippen molar-refractivity contribution in [1.82, 2.24) is 4.90 Å². The highest BCUT2D eigenvalue weighted by molar-refractivity contribution is 9.10. The first kappa shape index (κ1) is 14.9. The summed E-state index contributed by atoms with van der Waals surface area (Å²) in [5, 5.41) is 0.964. The van der Waals surface area contributed by atoms with Crippen LogP contribution in [0.15, 0.2) is 22.7 Å². The summed E-state index contributed by atoms with van der Waals surface area (Å²) in [6.07, 6.45) is 2.24. The number of nitrogens with two attached hydrogens (primary N) is 1. The van der Waals surface area contributed by atoms with E-state index >= 15 is 0 Å². The molecule has 0 saturated heterocycles. The van der Waals surface area contributed by atoms with Crippen molar-refractivity contribution < 1.29 is 4.79 Å². The molecule has 3 rings (SSSR count). The molecule has 21 heavy (non-hydrogen) atoms. The highest BCUT2D eigenvalue weighted by Gasteiger charge is 2.35. The molecule has 0 bridgehead atoms. The van der Waals surface area contributed by atoms with Gasteiger partial charge >= 0.3 is 0 Å². The van der Waals surface area contributed by atoms with Crippen molar-refractivity contribution in [3.63, 3.8) is 0 Å². The first-order valence-electron chi connectivity index (χ1n) is 7.26. The zero-order valence-corrected chi connectivity index (χ0v) is 14.6. The number of halogens is 1. The predicted molar refractivity (Wildman–Crippen MR) is 92.8 cm³/mol. The lowest BCUT2D eigenvalue weighted by molar-refractivity contribution is 0.0728. The third-order valence-corrected chi connectivity index (χ3v) is 5.53. The normalized spacial score (nSPS) is 14.9. The van der Waals surface area contributed by atoms with E-state index in [4.69, 9.17) is 5.73 Å². The van der Waals surface area contributed by atoms with Crippen LogP contribution in [0.4, 0.5) is 5.69 Å². The largest absolute Gasteiger partial charge is 0.397 e. The van der Waals surface area contributed by atoms with Gasteiger partial charge in [-0.15, -0.1) is 11.3 Å². The second kappa shape index (κ2) is 5.61. The molecule has 3 nitrogen and oxygen atoms in total. The van der Waals surface area contributed by atoms with Crippen molar-refractivity contribution in [1.29, 1.82) is 0 Å². The molecule has 1 saturated carbocycles. The van der Waals surface area contributed by atoms with E-state index < -0.39 is 0 Å². The minimum Gasteiger partial charge on any atom is -0.397 e. The number of fused-ring (bicyclic) bond motifs is 1. The second-order valence-corrected chi connectivity index (χ2v) is 7.95. The molecule has 1 aliphatic carbocycles. The van der Waals surface area contributed by atoms with Gasteiger partial charge in [0.15, 0.2) is 0 Å². The van der Waals surface area contributed by atoms with Gasteiger partial charge in [0.2, 0.25) is 0 Å². The summed E-state index contributed by atoms with van der Waals surface area (Å²) >= 11 is 5.03. The van der Waals surface area contributed by atoms with Crippen LogP contribution in [0.3, 0.4) is 0 Å². The lowest BCUT2D eigenvalue weighted by Crippen LogP contribution is -2.36. The number of hydrogen-bond acceptors (Lipinski definition) is 3. The maximum absolute atomic E-state index is 12.9. The van der Waals surface area contributed by atoms with Crippen molar-refractivity contribution >= 4 is 48.9 Å². The first-order valence-corrected chi connectivity index (χ1v) is 8.87. The van der Waals surface area contributed by atoms with Crippen molar-refractivity contribution in [3.05, 3.63) is 27.5 Å². The summed E-state index contributed by atoms with van der Waals surface area (Å²) in [5.41, 5.74) is 6.88. The number of benzene rings is 1. The van der Waals surface area contributed by atoms with Crippen LogP contribution in [0.5, 0.6) is 0 Å². The Kier molecular flexibility index (Phi) is 3.97. The molecular weight excluding hydrogens is 348 g/mol. The van der Waals surface area contributed by atoms with Gasteiger partial charge in [0.1, 0.15) is 4.88 Å². The van der Waals surface area contributed by atoms with E-state index in [0.29, 0.717) is 22.5 Å². The third-order valence-electron chi connectivity index (χ3n) is 3.71. The molecule has 0 atom stereocenters. The average molecular weight is 367 g/mol. The van der Waals surface area contributed by atoms with Crippen molar-refractivity contribution in [2.75, 3.05) is 12.3 Å². The number of nitrogens with zero attached hydrogens (tertiary/aromatic N) is 1. The number of carbonyl (C=O) groups is 1. The molecule has 5 heteroatoms. The molecule has 112 valence electrons. The Morgan fingerprint density at radius 3 is 2.76 bits per heavy atom. The van der Waals surface area contributed by atoms with Crippen LogP contribution in [0.1, 0.15) is 36.4 Å². The number of thiophene rings is 1. The molecule has 2 aromatic rings. The quantitative estimate of drug-likeness (QED) is 0.865. The number of rotatable bonds is 4. The zero-order chi connectivity index (χ0) is 15.1. The molecule has 1 amide bonds. The molecule has 1 aromatic carbocycles. The number of nitrogen functional groups attached to an aromatic ring is 1. The smallest absolute Gasteiger partial charge is 0.266 e. The maximum Gasteiger partial charge on any atom is 0.266 e. The van der Waals surface area contributed by atoms with Gasteiger partial charge in [-0.05, 0) is 30.9 Å². The minimum absolute atomic E-state index is 0.0943. The standard InChI is InChI=1S/C16H19BrN2OS/c1-9(2)8-19(10-6-7-10)16(20)15-14(18)13-11(17)4-3-5-12(13)21-15/h3-5,9-10H,6-8,18H2,1-2H3. The summed E-state index contributed by atoms with van der Waals surface area (Å²) in [6.45, 7) is 5.10. The van der Waals surface area contributed by atoms with Gasteiger partial charge in [-0.25, -0.2) is 0 Å². The fourth-order valence-corrected chi connectivity index (χ4v) is 4.41. The summed E-state index contributed by atoms with van der Waals surface area (Å²) in [7, 11) is 0. The molecule has 2 N–H and O–H groups in total. The monoisotopic (exact) mass is 366 g/mol. The maximum atomic E-state index is 12.9. The fourth-order valence-electron chi connectivity index (χ4n) is 2.60. The van der Waals surface area contributed by atoms with Crippen LogP contribution in [-0.2, 0) is 0 Å². The summed E-state index contributed by atoms with van der Waals surface area (Å²) in [4.78, 5) is 15.6. The van der Waals surface area contributed by atoms with Crippen LogP contribution >= 0.6 is 27.3 Å². The van der Waals surface area contributed by atoms with Gasteiger partial charge < -0.3 is 10.6 Å². The molecule has 0 unspecified atom stereocenters. The summed E-state index contributed by atoms with van der Waals surface area (Å²) in [6, 6.07) is 6.37. The van der Waals surface area contributed by atoms with Crippen molar-refractivity contribution in [2.45, 2.75) is 32.7 Å². The van der Waals surface area contributed by atoms with Crippen LogP contribution in [0, 0.1) is 5.92 Å². The van der Waals surface area contributed by atoms with Crippen LogP contribution in [0.2, 0.25) is 0 Å². The number of hydrogen-bond donors (Lipinski definition) is 1. The molecule has 0 radical (unpaired) electrons. The molecule has 1 aromatic heterocycles. The topological polar surface area (TPSA) is 46.3 Å². The van der Waals surface area contributed by atoms with Crippen molar-refractivity contribution in [3.8, 4) is 0 Å². The third kappa shape index (κ3) is 2.81. The summed E-state index contributed by atoms with van der Waals surface area (Å²) < 4.78 is 2.01. The molecule has 0 aliphatic heterocycles. The highest BCUT2D eigenvalue weighted by Crippen LogP contribution is 2.40. The lowest BCUT2D eigenvalue weighted by atomic mass is 10.2. The molecule has 1 heterocycles. The van der Waals surface area contributed by atoms with E-state index in [1.807, 2.05) is 23.1 Å². The number of amides is 1. The Bertz CT molecular complexity index is 691. The highest BCUT2D eigenvalue weighted by atomic mass is 79.9. The zero-order valence-electron chi connectivity index (χ0n) is 12.2. The van der Waals surface area contributed by atoms with E-state index in [2.05, 4.69) is 29.8 Å². The number of carbonyl (C=O) groups excluding carboxylic acids is 1. The van der Waals surface area contributed by atoms with Crippen LogP contribution in [-0.4, -0.2) is 23.4 Å². The Morgan fingerprint density at radius 2 is 2.19 bits per heavy atom. The van der Waals surface area contributed by atoms with Crippen molar-refractivity contribution in [2.24, 2.45) is 5.92 Å². The Labute approximate surface area is 137 Å². The van der Waals surface area contributed by atoms with Crippen LogP contribution < -0.4 is 5.73 Å². The van der Waals surface area contributed by atoms with E-state index in [1.165, 1.54) is 11.3 Å². The first-order chi connectivity index (χ1) is 9.99. The molecule has 0 spiro atoms. The average Bonchev–Trinajstić information content (AvgIpc) is 3.20. The van der Waals surface area contributed by atoms with Gasteiger partial charge in [0.25, 0.3) is 5.91 Å². The van der Waals surface area contributed by atoms with Gasteiger partial charge in [-0.3, -0.25) is 4.79 Å². The van der Waals surface area contributed by atoms with E-state index in [1.54, 1.807) is 0 Å². The summed E-state index contributed by atoms with van der Waals surface area (Å²) in [5.74, 6) is 0.564. The fraction of sp³-hybridized carbons (Fsp3) is 0.438. The Morgan fingerprint density at radius 1 is 1.48 bits per heavy atom. The SMILES string of the molecule is CC(C)CN(C(=O)c1sc2cccc(Br)c2c1N)C1CC1. The molecule has 1 aliphatic rings. The van der Waals surface area contributed by atoms with Gasteiger partial charge in [-0.1, -0.05) is 35.8 Å². The Balaban J connectivity index is 2.00. The lowest BCUT2D eigenvalue weighted by Gasteiger charge is -2.24. The van der Waals surface area contributed by atoms with Crippen LogP contribution in [0.25, 0.3) is 10.1 Å². The van der Waals surface area contributed by atoms with Gasteiger partial charge in [0, 0.05) is 27.1 Å². The number of anilines is 1. The molecular formula is C16H19BrN2OS. The van der Waals surface area contributed by atoms with Gasteiger partial charge in [0.05, 0.1) is 5.69 Å². The van der Waals surface area contributed by atoms with Gasteiger partial charge in [-0.2, -0.15) is 0 Å². The second-order valence-electron chi connectivity index (χ2n) is 6.04. The Hall–Kier alpha value is -1.07. The predicted octanol–water partition coefficient (Wildman–Crippen LogP) is 4.51. The minimum atomic E-state index is 0.0943. The van der Waals surface area contributed by atoms with E-state index in [-0.39, 0.29) is 5.91 Å². The molecule has 1 fully saturated rings.